The topological polar surface area (TPSA) is 50.3 Å². The third-order valence-corrected chi connectivity index (χ3v) is 6.90. The first kappa shape index (κ1) is 29.2. The molecule has 1 heterocycles. The molecule has 0 saturated heterocycles. The molecule has 2 aromatic rings. The van der Waals surface area contributed by atoms with E-state index in [9.17, 15) is 62.9 Å². The fourth-order valence-corrected chi connectivity index (χ4v) is 4.55. The van der Waals surface area contributed by atoms with Gasteiger partial charge in [-0.25, -0.2) is 0 Å². The van der Waals surface area contributed by atoms with Crippen LogP contribution >= 0.6 is 0 Å². The van der Waals surface area contributed by atoms with Gasteiger partial charge in [0, 0.05) is 0 Å². The van der Waals surface area contributed by atoms with Crippen LogP contribution < -0.4 is 0 Å². The second-order valence-corrected chi connectivity index (χ2v) is 8.92. The van der Waals surface area contributed by atoms with Crippen molar-refractivity contribution < 1.29 is 79.1 Å². The van der Waals surface area contributed by atoms with Gasteiger partial charge >= 0.3 is 194 Å². The molecule has 2 rings (SSSR count). The zero-order valence-electron chi connectivity index (χ0n) is 16.7. The number of rotatable bonds is 5. The van der Waals surface area contributed by atoms with E-state index >= 15 is 0 Å². The van der Waals surface area contributed by atoms with Crippen LogP contribution in [0.25, 0.3) is 0 Å². The molecule has 0 aliphatic rings. The molecule has 0 radical (unpaired) electrons. The van der Waals surface area contributed by atoms with E-state index in [1.807, 2.05) is 0 Å². The molecule has 0 amide bonds. The molecule has 2 N–H and O–H groups in total. The first-order chi connectivity index (χ1) is 15.6. The van der Waals surface area contributed by atoms with Gasteiger partial charge in [0.25, 0.3) is 0 Å². The maximum atomic E-state index is 13.1. The molecule has 0 aliphatic carbocycles. The Morgan fingerprint density at radius 2 is 0.971 bits per heavy atom. The van der Waals surface area contributed by atoms with E-state index in [2.05, 4.69) is 0 Å². The minimum atomic E-state index is -6.30. The van der Waals surface area contributed by atoms with Crippen molar-refractivity contribution in [1.82, 2.24) is 9.13 Å². The van der Waals surface area contributed by atoms with E-state index in [0.717, 1.165) is 0 Å². The van der Waals surface area contributed by atoms with Gasteiger partial charge in [-0.15, -0.1) is 0 Å². The van der Waals surface area contributed by atoms with Crippen LogP contribution in [-0.2, 0) is 29.3 Å². The summed E-state index contributed by atoms with van der Waals surface area (Å²) in [6, 6.07) is 7.30. The molecule has 0 fully saturated rings. The van der Waals surface area contributed by atoms with Gasteiger partial charge in [0.05, 0.1) is 0 Å². The molecule has 35 heavy (non-hydrogen) atoms. The number of aliphatic hydroxyl groups is 2. The second kappa shape index (κ2) is 9.47. The number of imidazole rings is 1. The van der Waals surface area contributed by atoms with Crippen molar-refractivity contribution in [2.75, 3.05) is 0 Å². The van der Waals surface area contributed by atoms with E-state index in [-0.39, 0.29) is 9.13 Å². The molecule has 0 atom stereocenters. The number of halogens is 12. The normalized spacial score (nSPS) is 14.3. The Hall–Kier alpha value is -2.00. The predicted octanol–water partition coefficient (Wildman–Crippen LogP) is 4.47. The Kier molecular flexibility index (Phi) is 7.91. The van der Waals surface area contributed by atoms with Crippen LogP contribution in [-0.4, -0.2) is 59.9 Å². The van der Waals surface area contributed by atoms with Gasteiger partial charge in [-0.3, -0.25) is 0 Å². The van der Waals surface area contributed by atoms with Crippen LogP contribution in [0.2, 0.25) is 0 Å². The molecule has 1 aromatic heterocycles. The summed E-state index contributed by atoms with van der Waals surface area (Å²) in [4.78, 5) is 0. The van der Waals surface area contributed by atoms with Crippen molar-refractivity contribution in [2.45, 2.75) is 49.0 Å². The van der Waals surface area contributed by atoms with E-state index in [0.29, 0.717) is 18.0 Å². The van der Waals surface area contributed by atoms with E-state index in [1.54, 1.807) is 0 Å². The average molecular weight is 619 g/mol. The Morgan fingerprint density at radius 1 is 0.629 bits per heavy atom. The second-order valence-electron chi connectivity index (χ2n) is 7.14. The number of nitrogens with zero attached hydrogens (tertiary/aromatic N) is 2. The summed E-state index contributed by atoms with van der Waals surface area (Å²) in [5.74, 6) is 0. The maximum absolute atomic E-state index is 13.1. The number of hydrogen-bond acceptors (Lipinski definition) is 2. The molecule has 200 valence electrons. The number of aromatic nitrogens is 2. The summed E-state index contributed by atoms with van der Waals surface area (Å²) in [6.45, 7) is -4.62. The fourth-order valence-electron chi connectivity index (χ4n) is 2.59. The van der Waals surface area contributed by atoms with Gasteiger partial charge in [0.2, 0.25) is 0 Å². The van der Waals surface area contributed by atoms with Crippen molar-refractivity contribution in [1.29, 1.82) is 0 Å². The number of benzene rings is 1. The summed E-state index contributed by atoms with van der Waals surface area (Å²) >= 11 is -1.78. The first-order valence-corrected chi connectivity index (χ1v) is 10.8. The standard InChI is InChI=1S/C11H8F12N2O2.C7H6.Ru/c12-8(13,14)6(26,9(15,16)17)3-24-1-2-25(5-24)4-7(27,10(18,19)20)11(21,22)23;1-7-5-3-2-4-6-7;/h1-2,26-27H,3-4H2;1-6H;. The molecule has 17 heteroatoms. The summed E-state index contributed by atoms with van der Waals surface area (Å²) in [5, 5.41) is 18.9. The molecule has 0 aliphatic heterocycles. The van der Waals surface area contributed by atoms with Crippen LogP contribution in [0.4, 0.5) is 52.7 Å². The van der Waals surface area contributed by atoms with Crippen molar-refractivity contribution >= 4 is 4.61 Å². The SMILES string of the molecule is OC(Cn1ccn(CC(O)(C(F)(F)F)C(F)(F)F)[c]1=[Ru]=[CH]c1ccccc1)(C(F)(F)F)C(F)(F)F. The van der Waals surface area contributed by atoms with Gasteiger partial charge < -0.3 is 0 Å². The van der Waals surface area contributed by atoms with Gasteiger partial charge in [-0.05, 0) is 0 Å². The van der Waals surface area contributed by atoms with Crippen LogP contribution in [0.1, 0.15) is 5.56 Å². The Balaban J connectivity index is 2.79. The molecule has 4 nitrogen and oxygen atoms in total. The summed E-state index contributed by atoms with van der Waals surface area (Å²) in [5.41, 5.74) is -10.4. The zero-order chi connectivity index (χ0) is 27.1. The third-order valence-electron chi connectivity index (χ3n) is 4.62. The monoisotopic (exact) mass is 620 g/mol. The van der Waals surface area contributed by atoms with Gasteiger partial charge in [-0.2, -0.15) is 0 Å². The van der Waals surface area contributed by atoms with Gasteiger partial charge in [-0.1, -0.05) is 0 Å². The quantitative estimate of drug-likeness (QED) is 0.384. The van der Waals surface area contributed by atoms with Crippen LogP contribution in [0, 0.1) is 4.01 Å². The summed E-state index contributed by atoms with van der Waals surface area (Å²) < 4.78 is 158. The predicted molar refractivity (Wildman–Crippen MR) is 91.4 cm³/mol. The molecular weight excluding hydrogens is 605 g/mol. The average Bonchev–Trinajstić information content (AvgIpc) is 3.04. The number of hydrogen-bond donors (Lipinski definition) is 2. The zero-order valence-corrected chi connectivity index (χ0v) is 18.4. The van der Waals surface area contributed by atoms with Gasteiger partial charge in [0.1, 0.15) is 0 Å². The summed E-state index contributed by atoms with van der Waals surface area (Å²) in [7, 11) is 0. The number of alkyl halides is 12. The van der Waals surface area contributed by atoms with Crippen molar-refractivity contribution in [3.05, 3.63) is 52.3 Å². The Morgan fingerprint density at radius 3 is 1.29 bits per heavy atom. The Labute approximate surface area is 194 Å². The third kappa shape index (κ3) is 5.88. The molecule has 0 bridgehead atoms. The van der Waals surface area contributed by atoms with Crippen LogP contribution in [0.3, 0.4) is 0 Å². The Bertz CT molecular complexity index is 1030. The molecule has 0 spiro atoms. The first-order valence-electron chi connectivity index (χ1n) is 8.93. The molecule has 0 saturated carbocycles. The van der Waals surface area contributed by atoms with Crippen molar-refractivity contribution in [3.63, 3.8) is 0 Å². The minimum absolute atomic E-state index is 0.0614. The van der Waals surface area contributed by atoms with E-state index in [1.165, 1.54) is 34.9 Å². The van der Waals surface area contributed by atoms with E-state index < -0.39 is 69.2 Å². The van der Waals surface area contributed by atoms with Crippen molar-refractivity contribution in [2.24, 2.45) is 0 Å². The van der Waals surface area contributed by atoms with Crippen molar-refractivity contribution in [3.8, 4) is 0 Å². The van der Waals surface area contributed by atoms with E-state index in [4.69, 9.17) is 0 Å². The molecule has 0 unspecified atom stereocenters. The molecular formula is C18H14F12N2O2Ru. The van der Waals surface area contributed by atoms with Gasteiger partial charge in [0.15, 0.2) is 0 Å². The molecule has 1 aromatic carbocycles. The summed E-state index contributed by atoms with van der Waals surface area (Å²) in [6.07, 6.45) is -24.5. The van der Waals surface area contributed by atoms with Crippen LogP contribution in [0.5, 0.6) is 0 Å². The van der Waals surface area contributed by atoms with Crippen LogP contribution in [0.15, 0.2) is 42.7 Å². The fraction of sp³-hybridized carbons (Fsp3) is 0.444.